The van der Waals surface area contributed by atoms with Crippen LogP contribution in [0.2, 0.25) is 0 Å². The van der Waals surface area contributed by atoms with Crippen LogP contribution in [-0.4, -0.2) is 48.1 Å². The van der Waals surface area contributed by atoms with E-state index in [0.717, 1.165) is 69.6 Å². The number of hydrogen-bond acceptors (Lipinski definition) is 5. The highest BCUT2D eigenvalue weighted by molar-refractivity contribution is 5.96. The van der Waals surface area contributed by atoms with Crippen LogP contribution in [0.4, 0.5) is 4.39 Å². The van der Waals surface area contributed by atoms with E-state index in [1.165, 1.54) is 24.5 Å². The Hall–Kier alpha value is -4.43. The van der Waals surface area contributed by atoms with E-state index in [9.17, 15) is 4.39 Å². The normalized spacial score (nSPS) is 14.2. The van der Waals surface area contributed by atoms with Gasteiger partial charge in [-0.25, -0.2) is 14.4 Å². The number of hydrogen-bond donors (Lipinski definition) is 2. The molecule has 0 amide bonds. The third-order valence-electron chi connectivity index (χ3n) is 7.19. The lowest BCUT2D eigenvalue weighted by atomic mass is 10.0. The van der Waals surface area contributed by atoms with Crippen molar-refractivity contribution in [3.8, 4) is 33.9 Å². The average molecular weight is 504 g/mol. The number of benzene rings is 2. The van der Waals surface area contributed by atoms with Gasteiger partial charge in [0.2, 0.25) is 0 Å². The number of aryl methyl sites for hydroxylation is 1. The third kappa shape index (κ3) is 4.13. The van der Waals surface area contributed by atoms with Crippen molar-refractivity contribution in [2.24, 2.45) is 0 Å². The highest BCUT2D eigenvalue weighted by Crippen LogP contribution is 2.32. The fraction of sp³-hybridized carbons (Fsp3) is 0.200. The number of rotatable bonds is 5. The second-order valence-corrected chi connectivity index (χ2v) is 10.0. The Labute approximate surface area is 218 Å². The average Bonchev–Trinajstić information content (AvgIpc) is 3.67. The smallest absolute Gasteiger partial charge is 0.161 e. The van der Waals surface area contributed by atoms with Crippen LogP contribution in [0.3, 0.4) is 0 Å². The van der Waals surface area contributed by atoms with Crippen molar-refractivity contribution in [2.75, 3.05) is 13.1 Å². The van der Waals surface area contributed by atoms with Crippen molar-refractivity contribution in [3.63, 3.8) is 0 Å². The van der Waals surface area contributed by atoms with E-state index in [1.54, 1.807) is 6.07 Å². The molecule has 0 spiro atoms. The number of nitrogens with zero attached hydrogens (tertiary/aromatic N) is 5. The summed E-state index contributed by atoms with van der Waals surface area (Å²) < 4.78 is 14.2. The summed E-state index contributed by atoms with van der Waals surface area (Å²) in [5.41, 5.74) is 9.33. The molecule has 38 heavy (non-hydrogen) atoms. The van der Waals surface area contributed by atoms with E-state index in [2.05, 4.69) is 31.1 Å². The Kier molecular flexibility index (Phi) is 5.47. The predicted octanol–water partition coefficient (Wildman–Crippen LogP) is 6.27. The first-order valence-corrected chi connectivity index (χ1v) is 12.9. The number of aromatic amines is 2. The van der Waals surface area contributed by atoms with E-state index in [0.29, 0.717) is 11.5 Å². The van der Waals surface area contributed by atoms with Gasteiger partial charge in [0.25, 0.3) is 0 Å². The highest BCUT2D eigenvalue weighted by atomic mass is 19.1. The topological polar surface area (TPSA) is 86.4 Å². The molecule has 5 heterocycles. The molecule has 1 aliphatic heterocycles. The van der Waals surface area contributed by atoms with Crippen LogP contribution in [0.1, 0.15) is 24.0 Å². The van der Waals surface area contributed by atoms with Gasteiger partial charge in [0.1, 0.15) is 11.3 Å². The van der Waals surface area contributed by atoms with Crippen LogP contribution in [0.15, 0.2) is 67.0 Å². The van der Waals surface area contributed by atoms with Crippen molar-refractivity contribution in [1.82, 2.24) is 35.0 Å². The summed E-state index contributed by atoms with van der Waals surface area (Å²) in [7, 11) is 0. The maximum Gasteiger partial charge on any atom is 0.161 e. The molecule has 7 nitrogen and oxygen atoms in total. The molecule has 7 rings (SSSR count). The molecule has 0 aliphatic carbocycles. The Morgan fingerprint density at radius 2 is 1.79 bits per heavy atom. The molecule has 2 N–H and O–H groups in total. The van der Waals surface area contributed by atoms with E-state index in [1.807, 2.05) is 55.7 Å². The van der Waals surface area contributed by atoms with Crippen LogP contribution < -0.4 is 0 Å². The van der Waals surface area contributed by atoms with Gasteiger partial charge in [0.15, 0.2) is 11.5 Å². The molecule has 0 saturated carbocycles. The van der Waals surface area contributed by atoms with Crippen LogP contribution in [0.25, 0.3) is 56.0 Å². The van der Waals surface area contributed by atoms with Gasteiger partial charge < -0.3 is 4.98 Å². The number of fused-ring (bicyclic) bond motifs is 2. The number of nitrogens with one attached hydrogen (secondary N) is 2. The Bertz CT molecular complexity index is 1780. The highest BCUT2D eigenvalue weighted by Gasteiger charge is 2.18. The van der Waals surface area contributed by atoms with E-state index in [4.69, 9.17) is 9.97 Å². The minimum Gasteiger partial charge on any atom is -0.336 e. The van der Waals surface area contributed by atoms with Gasteiger partial charge in [-0.2, -0.15) is 5.10 Å². The fourth-order valence-electron chi connectivity index (χ4n) is 5.41. The molecule has 1 aliphatic rings. The maximum atomic E-state index is 14.2. The summed E-state index contributed by atoms with van der Waals surface area (Å²) in [5.74, 6) is 0.346. The van der Waals surface area contributed by atoms with Gasteiger partial charge in [-0.15, -0.1) is 0 Å². The summed E-state index contributed by atoms with van der Waals surface area (Å²) in [6.45, 7) is 5.08. The van der Waals surface area contributed by atoms with Gasteiger partial charge >= 0.3 is 0 Å². The third-order valence-corrected chi connectivity index (χ3v) is 7.19. The van der Waals surface area contributed by atoms with Gasteiger partial charge in [-0.05, 0) is 85.9 Å². The van der Waals surface area contributed by atoms with Crippen molar-refractivity contribution >= 4 is 22.1 Å². The minimum atomic E-state index is -0.262. The summed E-state index contributed by atoms with van der Waals surface area (Å²) in [6, 6.07) is 17.1. The lowest BCUT2D eigenvalue weighted by Crippen LogP contribution is -2.18. The molecule has 0 atom stereocenters. The zero-order valence-corrected chi connectivity index (χ0v) is 21.0. The molecule has 2 aromatic carbocycles. The maximum absolute atomic E-state index is 14.2. The molecule has 4 aromatic heterocycles. The molecular weight excluding hydrogens is 477 g/mol. The van der Waals surface area contributed by atoms with Crippen LogP contribution in [0, 0.1) is 12.7 Å². The lowest BCUT2D eigenvalue weighted by Gasteiger charge is -2.14. The number of imidazole rings is 1. The van der Waals surface area contributed by atoms with Crippen molar-refractivity contribution in [1.29, 1.82) is 0 Å². The number of aromatic nitrogens is 6. The monoisotopic (exact) mass is 503 g/mol. The molecule has 8 heteroatoms. The lowest BCUT2D eigenvalue weighted by molar-refractivity contribution is 0.331. The van der Waals surface area contributed by atoms with Gasteiger partial charge in [0, 0.05) is 30.1 Å². The van der Waals surface area contributed by atoms with Crippen molar-refractivity contribution < 1.29 is 4.39 Å². The molecule has 188 valence electrons. The summed E-state index contributed by atoms with van der Waals surface area (Å²) in [6.07, 6.45) is 6.32. The summed E-state index contributed by atoms with van der Waals surface area (Å²) in [4.78, 5) is 20.2. The van der Waals surface area contributed by atoms with Gasteiger partial charge in [0.05, 0.1) is 22.2 Å². The predicted molar refractivity (Wildman–Crippen MR) is 147 cm³/mol. The second-order valence-electron chi connectivity index (χ2n) is 10.0. The van der Waals surface area contributed by atoms with E-state index < -0.39 is 0 Å². The largest absolute Gasteiger partial charge is 0.336 e. The first-order valence-electron chi connectivity index (χ1n) is 12.9. The first kappa shape index (κ1) is 22.7. The zero-order valence-electron chi connectivity index (χ0n) is 21.0. The van der Waals surface area contributed by atoms with Gasteiger partial charge in [-0.1, -0.05) is 18.2 Å². The zero-order chi connectivity index (χ0) is 25.6. The molecule has 0 bridgehead atoms. The molecule has 6 aromatic rings. The van der Waals surface area contributed by atoms with Crippen molar-refractivity contribution in [3.05, 3.63) is 83.9 Å². The number of pyridine rings is 2. The van der Waals surface area contributed by atoms with E-state index in [-0.39, 0.29) is 5.82 Å². The minimum absolute atomic E-state index is 0.262. The van der Waals surface area contributed by atoms with Gasteiger partial charge in [-0.3, -0.25) is 15.0 Å². The number of para-hydroxylation sites is 1. The molecule has 0 unspecified atom stereocenters. The Morgan fingerprint density at radius 1 is 0.895 bits per heavy atom. The number of likely N-dealkylation sites (tertiary alicyclic amines) is 1. The quantitative estimate of drug-likeness (QED) is 0.289. The van der Waals surface area contributed by atoms with E-state index >= 15 is 0 Å². The van der Waals surface area contributed by atoms with Crippen LogP contribution in [-0.2, 0) is 6.54 Å². The number of H-pyrrole nitrogens is 2. The second kappa shape index (κ2) is 9.15. The molecule has 0 radical (unpaired) electrons. The molecule has 1 fully saturated rings. The standard InChI is InChI=1S/C30H26FN7/c1-18-11-20(14-22(31)12-18)23-5-4-6-25-27(23)35-30(34-25)29-28-26(36-37-29)8-7-24(33-28)21-13-19(15-32-16-21)17-38-9-2-3-10-38/h4-8,11-16H,2-3,9-10,17H2,1H3,(H,34,35)(H,36,37). The fourth-order valence-corrected chi connectivity index (χ4v) is 5.41. The summed E-state index contributed by atoms with van der Waals surface area (Å²) in [5, 5.41) is 7.63. The van der Waals surface area contributed by atoms with Crippen LogP contribution in [0.5, 0.6) is 0 Å². The molecular formula is C30H26FN7. The number of halogens is 1. The first-order chi connectivity index (χ1) is 18.6. The SMILES string of the molecule is Cc1cc(F)cc(-c2cccc3[nH]c(-c4n[nH]c5ccc(-c6cncc(CN7CCCC7)c6)nc45)nc23)c1. The Morgan fingerprint density at radius 3 is 2.66 bits per heavy atom. The van der Waals surface area contributed by atoms with Crippen molar-refractivity contribution in [2.45, 2.75) is 26.3 Å². The summed E-state index contributed by atoms with van der Waals surface area (Å²) >= 11 is 0. The molecule has 1 saturated heterocycles. The Balaban J connectivity index is 1.28. The van der Waals surface area contributed by atoms with Crippen LogP contribution >= 0.6 is 0 Å².